The van der Waals surface area contributed by atoms with Crippen LogP contribution in [0.3, 0.4) is 0 Å². The first-order valence-corrected chi connectivity index (χ1v) is 6.65. The summed E-state index contributed by atoms with van der Waals surface area (Å²) in [4.78, 5) is 19.2. The van der Waals surface area contributed by atoms with Gasteiger partial charge in [-0.2, -0.15) is 4.98 Å². The number of ether oxygens (including phenoxy) is 1. The summed E-state index contributed by atoms with van der Waals surface area (Å²) in [5, 5.41) is 13.9. The minimum Gasteiger partial charge on any atom is -0.432 e. The summed E-state index contributed by atoms with van der Waals surface area (Å²) >= 11 is 0. The highest BCUT2D eigenvalue weighted by atomic mass is 16.6. The first-order valence-electron chi connectivity index (χ1n) is 6.65. The topological polar surface area (TPSA) is 90.2 Å². The predicted octanol–water partition coefficient (Wildman–Crippen LogP) is 3.10. The minimum atomic E-state index is -0.475. The van der Waals surface area contributed by atoms with Crippen molar-refractivity contribution in [2.75, 3.05) is 12.4 Å². The molecule has 1 aromatic heterocycles. The lowest BCUT2D eigenvalue weighted by Gasteiger charge is -2.08. The van der Waals surface area contributed by atoms with E-state index in [4.69, 9.17) is 4.74 Å². The monoisotopic (exact) mass is 286 g/mol. The number of hydrogen-bond donors (Lipinski definition) is 1. The van der Waals surface area contributed by atoms with Crippen molar-refractivity contribution in [3.63, 3.8) is 0 Å². The number of anilines is 1. The average molecular weight is 286 g/mol. The number of nitro groups is 1. The second-order valence-electron chi connectivity index (χ2n) is 4.80. The van der Waals surface area contributed by atoms with Gasteiger partial charge in [0, 0.05) is 25.1 Å². The Morgan fingerprint density at radius 1 is 1.33 bits per heavy atom. The predicted molar refractivity (Wildman–Crippen MR) is 76.7 cm³/mol. The molecule has 108 valence electrons. The zero-order valence-electron chi connectivity index (χ0n) is 11.4. The van der Waals surface area contributed by atoms with Crippen LogP contribution in [0.15, 0.2) is 30.3 Å². The van der Waals surface area contributed by atoms with Crippen LogP contribution in [0, 0.1) is 10.1 Å². The number of hydrogen-bond acceptors (Lipinski definition) is 6. The zero-order chi connectivity index (χ0) is 14.8. The summed E-state index contributed by atoms with van der Waals surface area (Å²) < 4.78 is 5.60. The fourth-order valence-electron chi connectivity index (χ4n) is 1.95. The number of para-hydroxylation sites is 2. The van der Waals surface area contributed by atoms with Gasteiger partial charge in [-0.3, -0.25) is 10.1 Å². The molecule has 0 unspecified atom stereocenters. The largest absolute Gasteiger partial charge is 0.432 e. The van der Waals surface area contributed by atoms with Gasteiger partial charge in [-0.25, -0.2) is 4.98 Å². The number of benzene rings is 1. The number of nitrogens with one attached hydrogen (secondary N) is 1. The summed E-state index contributed by atoms with van der Waals surface area (Å²) in [5.74, 6) is 2.21. The highest BCUT2D eigenvalue weighted by Crippen LogP contribution is 2.39. The SMILES string of the molecule is CNc1cc(Oc2ccccc2[N+](=O)[O-])nc(C2CC2)n1. The normalized spacial score (nSPS) is 13.8. The van der Waals surface area contributed by atoms with Crippen LogP contribution in [0.5, 0.6) is 11.6 Å². The van der Waals surface area contributed by atoms with E-state index in [1.54, 1.807) is 31.3 Å². The third-order valence-electron chi connectivity index (χ3n) is 3.20. The number of nitrogens with zero attached hydrogens (tertiary/aromatic N) is 3. The molecule has 21 heavy (non-hydrogen) atoms. The molecule has 1 aliphatic carbocycles. The molecule has 0 saturated heterocycles. The highest BCUT2D eigenvalue weighted by molar-refractivity contribution is 5.48. The van der Waals surface area contributed by atoms with Gasteiger partial charge in [0.1, 0.15) is 11.6 Å². The van der Waals surface area contributed by atoms with Crippen molar-refractivity contribution in [3.05, 3.63) is 46.3 Å². The van der Waals surface area contributed by atoms with Crippen molar-refractivity contribution in [3.8, 4) is 11.6 Å². The Balaban J connectivity index is 1.94. The van der Waals surface area contributed by atoms with E-state index in [2.05, 4.69) is 15.3 Å². The van der Waals surface area contributed by atoms with Crippen LogP contribution in [0.4, 0.5) is 11.5 Å². The molecule has 1 aliphatic rings. The first kappa shape index (κ1) is 13.3. The second-order valence-corrected chi connectivity index (χ2v) is 4.80. The molecule has 0 atom stereocenters. The summed E-state index contributed by atoms with van der Waals surface area (Å²) in [5.41, 5.74) is -0.0879. The van der Waals surface area contributed by atoms with Gasteiger partial charge in [0.2, 0.25) is 11.6 Å². The fraction of sp³-hybridized carbons (Fsp3) is 0.286. The Labute approximate surface area is 121 Å². The van der Waals surface area contributed by atoms with Crippen molar-refractivity contribution < 1.29 is 9.66 Å². The summed E-state index contributed by atoms with van der Waals surface area (Å²) in [6, 6.07) is 7.86. The lowest BCUT2D eigenvalue weighted by Crippen LogP contribution is -2.01. The molecule has 2 aromatic rings. The van der Waals surface area contributed by atoms with Crippen LogP contribution in [-0.2, 0) is 0 Å². The van der Waals surface area contributed by atoms with E-state index in [9.17, 15) is 10.1 Å². The Bertz CT molecular complexity index is 686. The number of aromatic nitrogens is 2. The van der Waals surface area contributed by atoms with E-state index < -0.39 is 4.92 Å². The van der Waals surface area contributed by atoms with Crippen molar-refractivity contribution in [2.24, 2.45) is 0 Å². The van der Waals surface area contributed by atoms with Gasteiger partial charge < -0.3 is 10.1 Å². The van der Waals surface area contributed by atoms with Crippen molar-refractivity contribution in [2.45, 2.75) is 18.8 Å². The molecule has 1 fully saturated rings. The van der Waals surface area contributed by atoms with Crippen LogP contribution in [0.25, 0.3) is 0 Å². The van der Waals surface area contributed by atoms with E-state index >= 15 is 0 Å². The van der Waals surface area contributed by atoms with Gasteiger partial charge in [-0.1, -0.05) is 12.1 Å². The third-order valence-corrected chi connectivity index (χ3v) is 3.20. The Hall–Kier alpha value is -2.70. The maximum Gasteiger partial charge on any atom is 0.311 e. The molecule has 1 saturated carbocycles. The van der Waals surface area contributed by atoms with E-state index in [0.717, 1.165) is 18.7 Å². The van der Waals surface area contributed by atoms with Gasteiger partial charge in [-0.15, -0.1) is 0 Å². The van der Waals surface area contributed by atoms with E-state index in [-0.39, 0.29) is 11.4 Å². The van der Waals surface area contributed by atoms with E-state index in [1.807, 2.05) is 0 Å². The van der Waals surface area contributed by atoms with E-state index in [1.165, 1.54) is 6.07 Å². The molecule has 1 N–H and O–H groups in total. The lowest BCUT2D eigenvalue weighted by atomic mass is 10.3. The smallest absolute Gasteiger partial charge is 0.311 e. The quantitative estimate of drug-likeness (QED) is 0.671. The molecule has 1 aromatic carbocycles. The fourth-order valence-corrected chi connectivity index (χ4v) is 1.95. The van der Waals surface area contributed by atoms with Crippen molar-refractivity contribution in [1.29, 1.82) is 0 Å². The van der Waals surface area contributed by atoms with Crippen LogP contribution in [-0.4, -0.2) is 21.9 Å². The molecular formula is C14H14N4O3. The molecule has 3 rings (SSSR count). The van der Waals surface area contributed by atoms with Crippen molar-refractivity contribution >= 4 is 11.5 Å². The lowest BCUT2D eigenvalue weighted by molar-refractivity contribution is -0.385. The summed E-state index contributed by atoms with van der Waals surface area (Å²) in [6.45, 7) is 0. The van der Waals surface area contributed by atoms with Crippen LogP contribution >= 0.6 is 0 Å². The van der Waals surface area contributed by atoms with Gasteiger partial charge in [0.05, 0.1) is 4.92 Å². The van der Waals surface area contributed by atoms with E-state index in [0.29, 0.717) is 17.6 Å². The molecule has 0 spiro atoms. The first-order chi connectivity index (χ1) is 10.2. The standard InChI is InChI=1S/C14H14N4O3/c1-15-12-8-13(17-14(16-12)9-6-7-9)21-11-5-3-2-4-10(11)18(19)20/h2-5,8-9H,6-7H2,1H3,(H,15,16,17). The summed E-state index contributed by atoms with van der Waals surface area (Å²) in [6.07, 6.45) is 2.14. The Kier molecular flexibility index (Phi) is 3.39. The maximum absolute atomic E-state index is 11.0. The number of nitro benzene ring substituents is 1. The number of rotatable bonds is 5. The second kappa shape index (κ2) is 5.35. The molecule has 7 nitrogen and oxygen atoms in total. The van der Waals surface area contributed by atoms with Crippen LogP contribution < -0.4 is 10.1 Å². The van der Waals surface area contributed by atoms with Gasteiger partial charge in [-0.05, 0) is 18.9 Å². The van der Waals surface area contributed by atoms with Crippen LogP contribution in [0.1, 0.15) is 24.6 Å². The Morgan fingerprint density at radius 2 is 2.10 bits per heavy atom. The molecule has 1 heterocycles. The molecule has 0 bridgehead atoms. The molecule has 7 heteroatoms. The minimum absolute atomic E-state index is 0.0879. The molecule has 0 amide bonds. The highest BCUT2D eigenvalue weighted by Gasteiger charge is 2.28. The third kappa shape index (κ3) is 2.91. The van der Waals surface area contributed by atoms with Crippen molar-refractivity contribution in [1.82, 2.24) is 9.97 Å². The maximum atomic E-state index is 11.0. The van der Waals surface area contributed by atoms with Crippen LogP contribution in [0.2, 0.25) is 0 Å². The molecule has 0 aliphatic heterocycles. The molecule has 0 radical (unpaired) electrons. The van der Waals surface area contributed by atoms with Gasteiger partial charge in [0.25, 0.3) is 0 Å². The molecular weight excluding hydrogens is 272 g/mol. The van der Waals surface area contributed by atoms with Gasteiger partial charge >= 0.3 is 5.69 Å². The Morgan fingerprint density at radius 3 is 2.76 bits per heavy atom. The summed E-state index contributed by atoms with van der Waals surface area (Å²) in [7, 11) is 1.76. The average Bonchev–Trinajstić information content (AvgIpc) is 3.32. The zero-order valence-corrected chi connectivity index (χ0v) is 11.4. The van der Waals surface area contributed by atoms with Gasteiger partial charge in [0.15, 0.2) is 0 Å².